The van der Waals surface area contributed by atoms with E-state index in [1.165, 1.54) is 0 Å². The number of aliphatic carboxylic acids is 1. The molecule has 2 N–H and O–H groups in total. The summed E-state index contributed by atoms with van der Waals surface area (Å²) >= 11 is 0. The highest BCUT2D eigenvalue weighted by atomic mass is 32.2. The summed E-state index contributed by atoms with van der Waals surface area (Å²) in [6.45, 7) is 1.93. The van der Waals surface area contributed by atoms with Crippen molar-refractivity contribution in [1.82, 2.24) is 4.72 Å². The number of carboxylic acids is 1. The number of carbonyl (C=O) groups is 1. The molecule has 0 bridgehead atoms. The fourth-order valence-electron chi connectivity index (χ4n) is 2.58. The lowest BCUT2D eigenvalue weighted by atomic mass is 10.0. The molecular weight excluding hydrogens is 278 g/mol. The van der Waals surface area contributed by atoms with E-state index < -0.39 is 21.5 Å². The number of hydrogen-bond donors (Lipinski definition) is 2. The van der Waals surface area contributed by atoms with E-state index in [0.29, 0.717) is 18.4 Å². The molecule has 0 atom stereocenters. The number of carboxylic acid groups (broad SMARTS) is 1. The summed E-state index contributed by atoms with van der Waals surface area (Å²) < 4.78 is 26.8. The van der Waals surface area contributed by atoms with Crippen molar-refractivity contribution in [3.8, 4) is 0 Å². The van der Waals surface area contributed by atoms with Gasteiger partial charge in [0.15, 0.2) is 0 Å². The number of aryl methyl sites for hydroxylation is 1. The minimum atomic E-state index is -3.67. The number of rotatable bonds is 5. The van der Waals surface area contributed by atoms with Crippen LogP contribution in [0.1, 0.15) is 36.8 Å². The Balaban J connectivity index is 2.14. The first-order valence-corrected chi connectivity index (χ1v) is 8.29. The van der Waals surface area contributed by atoms with Crippen LogP contribution >= 0.6 is 0 Å². The van der Waals surface area contributed by atoms with Crippen molar-refractivity contribution >= 4 is 16.0 Å². The molecule has 1 aromatic carbocycles. The molecule has 1 fully saturated rings. The Morgan fingerprint density at radius 2 is 1.80 bits per heavy atom. The average Bonchev–Trinajstić information content (AvgIpc) is 2.81. The summed E-state index contributed by atoms with van der Waals surface area (Å²) in [5, 5.41) is 9.30. The number of benzene rings is 1. The highest BCUT2D eigenvalue weighted by Gasteiger charge is 2.44. The lowest BCUT2D eigenvalue weighted by Gasteiger charge is -2.25. The van der Waals surface area contributed by atoms with Crippen LogP contribution in [-0.4, -0.2) is 25.0 Å². The van der Waals surface area contributed by atoms with Gasteiger partial charge in [0.2, 0.25) is 10.0 Å². The van der Waals surface area contributed by atoms with Gasteiger partial charge in [-0.3, -0.25) is 4.79 Å². The van der Waals surface area contributed by atoms with Crippen molar-refractivity contribution < 1.29 is 18.3 Å². The van der Waals surface area contributed by atoms with E-state index in [9.17, 15) is 18.3 Å². The van der Waals surface area contributed by atoms with Gasteiger partial charge in [-0.1, -0.05) is 42.7 Å². The molecule has 2 rings (SSSR count). The molecule has 0 spiro atoms. The van der Waals surface area contributed by atoms with E-state index in [0.717, 1.165) is 18.4 Å². The zero-order valence-corrected chi connectivity index (χ0v) is 12.2. The van der Waals surface area contributed by atoms with Gasteiger partial charge in [0, 0.05) is 0 Å². The molecule has 0 amide bonds. The third-order valence-electron chi connectivity index (χ3n) is 3.69. The molecule has 0 unspecified atom stereocenters. The van der Waals surface area contributed by atoms with Gasteiger partial charge in [0.25, 0.3) is 0 Å². The van der Waals surface area contributed by atoms with E-state index in [2.05, 4.69) is 4.72 Å². The lowest BCUT2D eigenvalue weighted by molar-refractivity contribution is -0.143. The Kier molecular flexibility index (Phi) is 4.15. The highest BCUT2D eigenvalue weighted by Crippen LogP contribution is 2.31. The predicted molar refractivity (Wildman–Crippen MR) is 75.8 cm³/mol. The van der Waals surface area contributed by atoms with Crippen molar-refractivity contribution in [3.63, 3.8) is 0 Å². The fourth-order valence-corrected chi connectivity index (χ4v) is 4.17. The standard InChI is InChI=1S/C14H19NO4S/c1-11-4-6-12(7-5-11)10-20(18,19)15-14(13(16)17)8-2-3-9-14/h4-7,15H,2-3,8-10H2,1H3,(H,16,17). The van der Waals surface area contributed by atoms with E-state index in [1.807, 2.05) is 19.1 Å². The van der Waals surface area contributed by atoms with Crippen molar-refractivity contribution in [3.05, 3.63) is 35.4 Å². The normalized spacial score (nSPS) is 18.1. The van der Waals surface area contributed by atoms with Gasteiger partial charge in [-0.15, -0.1) is 0 Å². The molecule has 0 aliphatic heterocycles. The summed E-state index contributed by atoms with van der Waals surface area (Å²) in [4.78, 5) is 11.4. The maximum absolute atomic E-state index is 12.2. The Morgan fingerprint density at radius 3 is 2.30 bits per heavy atom. The lowest BCUT2D eigenvalue weighted by Crippen LogP contribution is -2.52. The molecule has 0 heterocycles. The highest BCUT2D eigenvalue weighted by molar-refractivity contribution is 7.88. The van der Waals surface area contributed by atoms with Crippen LogP contribution in [0.2, 0.25) is 0 Å². The van der Waals surface area contributed by atoms with Crippen molar-refractivity contribution in [2.45, 2.75) is 43.9 Å². The smallest absolute Gasteiger partial charge is 0.324 e. The van der Waals surface area contributed by atoms with Gasteiger partial charge in [-0.2, -0.15) is 4.72 Å². The second-order valence-corrected chi connectivity index (χ2v) is 7.16. The Hall–Kier alpha value is -1.40. The minimum Gasteiger partial charge on any atom is -0.480 e. The van der Waals surface area contributed by atoms with Gasteiger partial charge in [0.05, 0.1) is 5.75 Å². The van der Waals surface area contributed by atoms with Gasteiger partial charge >= 0.3 is 5.97 Å². The van der Waals surface area contributed by atoms with E-state index in [4.69, 9.17) is 0 Å². The molecule has 0 saturated heterocycles. The maximum Gasteiger partial charge on any atom is 0.324 e. The van der Waals surface area contributed by atoms with Crippen molar-refractivity contribution in [1.29, 1.82) is 0 Å². The van der Waals surface area contributed by atoms with Crippen LogP contribution in [0.4, 0.5) is 0 Å². The molecule has 0 aromatic heterocycles. The van der Waals surface area contributed by atoms with Gasteiger partial charge in [-0.05, 0) is 25.3 Å². The Labute approximate surface area is 119 Å². The topological polar surface area (TPSA) is 83.5 Å². The maximum atomic E-state index is 12.2. The van der Waals surface area contributed by atoms with Crippen LogP contribution in [-0.2, 0) is 20.6 Å². The largest absolute Gasteiger partial charge is 0.480 e. The minimum absolute atomic E-state index is 0.192. The molecular formula is C14H19NO4S. The van der Waals surface area contributed by atoms with Crippen LogP contribution in [0.15, 0.2) is 24.3 Å². The quantitative estimate of drug-likeness (QED) is 0.868. The van der Waals surface area contributed by atoms with Gasteiger partial charge in [0.1, 0.15) is 5.54 Å². The van der Waals surface area contributed by atoms with Crippen LogP contribution in [0.3, 0.4) is 0 Å². The van der Waals surface area contributed by atoms with Crippen LogP contribution < -0.4 is 4.72 Å². The monoisotopic (exact) mass is 297 g/mol. The second kappa shape index (κ2) is 5.54. The van der Waals surface area contributed by atoms with Gasteiger partial charge < -0.3 is 5.11 Å². The number of hydrogen-bond acceptors (Lipinski definition) is 3. The summed E-state index contributed by atoms with van der Waals surface area (Å²) in [6.07, 6.45) is 2.18. The Bertz CT molecular complexity index is 586. The molecule has 20 heavy (non-hydrogen) atoms. The van der Waals surface area contributed by atoms with Crippen LogP contribution in [0.25, 0.3) is 0 Å². The number of sulfonamides is 1. The SMILES string of the molecule is Cc1ccc(CS(=O)(=O)NC2(C(=O)O)CCCC2)cc1. The molecule has 1 aliphatic rings. The average molecular weight is 297 g/mol. The fraction of sp³-hybridized carbons (Fsp3) is 0.500. The van der Waals surface area contributed by atoms with E-state index >= 15 is 0 Å². The molecule has 1 aliphatic carbocycles. The third-order valence-corrected chi connectivity index (χ3v) is 5.11. The first-order valence-electron chi connectivity index (χ1n) is 6.64. The summed E-state index contributed by atoms with van der Waals surface area (Å²) in [5.41, 5.74) is 0.391. The number of nitrogens with one attached hydrogen (secondary N) is 1. The zero-order chi connectivity index (χ0) is 14.8. The summed E-state index contributed by atoms with van der Waals surface area (Å²) in [6, 6.07) is 7.17. The first kappa shape index (κ1) is 15.0. The second-order valence-electron chi connectivity index (χ2n) is 5.44. The summed E-state index contributed by atoms with van der Waals surface area (Å²) in [5.74, 6) is -1.27. The van der Waals surface area contributed by atoms with Crippen molar-refractivity contribution in [2.24, 2.45) is 0 Å². The third kappa shape index (κ3) is 3.37. The zero-order valence-electron chi connectivity index (χ0n) is 11.4. The van der Waals surface area contributed by atoms with E-state index in [1.54, 1.807) is 12.1 Å². The van der Waals surface area contributed by atoms with Gasteiger partial charge in [-0.25, -0.2) is 8.42 Å². The molecule has 1 aromatic rings. The van der Waals surface area contributed by atoms with E-state index in [-0.39, 0.29) is 5.75 Å². The Morgan fingerprint density at radius 1 is 1.25 bits per heavy atom. The molecule has 6 heteroatoms. The van der Waals surface area contributed by atoms with Crippen LogP contribution in [0, 0.1) is 6.92 Å². The van der Waals surface area contributed by atoms with Crippen molar-refractivity contribution in [2.75, 3.05) is 0 Å². The predicted octanol–water partition coefficient (Wildman–Crippen LogP) is 1.81. The molecule has 1 saturated carbocycles. The molecule has 5 nitrogen and oxygen atoms in total. The molecule has 110 valence electrons. The first-order chi connectivity index (χ1) is 9.33. The van der Waals surface area contributed by atoms with Crippen LogP contribution in [0.5, 0.6) is 0 Å². The summed E-state index contributed by atoms with van der Waals surface area (Å²) in [7, 11) is -3.67. The molecule has 0 radical (unpaired) electrons.